The Bertz CT molecular complexity index is 696. The van der Waals surface area contributed by atoms with E-state index in [0.29, 0.717) is 0 Å². The quantitative estimate of drug-likeness (QED) is 0.909. The van der Waals surface area contributed by atoms with Gasteiger partial charge in [0.05, 0.1) is 0 Å². The Labute approximate surface area is 124 Å². The van der Waals surface area contributed by atoms with Gasteiger partial charge in [0.1, 0.15) is 6.04 Å². The number of para-hydroxylation sites is 1. The standard InChI is InChI=1S/C17H19N3O/c1-11-6-4-5-7-15(11)20(3)12-8-9-13-14(10-12)19-17(21)16(13)18-2/h4-10,16,18H,1-3H3,(H,19,21). The van der Waals surface area contributed by atoms with E-state index >= 15 is 0 Å². The number of nitrogens with one attached hydrogen (secondary N) is 2. The van der Waals surface area contributed by atoms with Crippen LogP contribution in [-0.2, 0) is 4.79 Å². The lowest BCUT2D eigenvalue weighted by molar-refractivity contribution is -0.117. The second kappa shape index (κ2) is 5.22. The minimum Gasteiger partial charge on any atom is -0.344 e. The second-order valence-electron chi connectivity index (χ2n) is 5.33. The monoisotopic (exact) mass is 281 g/mol. The number of carbonyl (C=O) groups excluding carboxylic acids is 1. The molecule has 1 heterocycles. The van der Waals surface area contributed by atoms with Crippen LogP contribution in [0.3, 0.4) is 0 Å². The molecule has 2 aromatic carbocycles. The van der Waals surface area contributed by atoms with Crippen LogP contribution in [0.5, 0.6) is 0 Å². The normalized spacial score (nSPS) is 16.5. The zero-order valence-electron chi connectivity index (χ0n) is 12.5. The van der Waals surface area contributed by atoms with Crippen molar-refractivity contribution in [1.29, 1.82) is 0 Å². The molecule has 0 saturated carbocycles. The fourth-order valence-corrected chi connectivity index (χ4v) is 2.82. The van der Waals surface area contributed by atoms with E-state index in [1.54, 1.807) is 7.05 Å². The van der Waals surface area contributed by atoms with Gasteiger partial charge in [0, 0.05) is 29.7 Å². The number of amides is 1. The van der Waals surface area contributed by atoms with E-state index in [1.165, 1.54) is 5.56 Å². The average molecular weight is 281 g/mol. The molecule has 0 spiro atoms. The molecule has 0 saturated heterocycles. The first kappa shape index (κ1) is 13.6. The van der Waals surface area contributed by atoms with Gasteiger partial charge < -0.3 is 15.5 Å². The molecule has 0 radical (unpaired) electrons. The summed E-state index contributed by atoms with van der Waals surface area (Å²) in [5.41, 5.74) is 5.33. The van der Waals surface area contributed by atoms with E-state index in [4.69, 9.17) is 0 Å². The number of anilines is 3. The van der Waals surface area contributed by atoms with Crippen molar-refractivity contribution >= 4 is 23.0 Å². The Morgan fingerprint density at radius 2 is 1.95 bits per heavy atom. The van der Waals surface area contributed by atoms with Gasteiger partial charge in [-0.15, -0.1) is 0 Å². The summed E-state index contributed by atoms with van der Waals surface area (Å²) < 4.78 is 0. The van der Waals surface area contributed by atoms with Crippen molar-refractivity contribution in [3.63, 3.8) is 0 Å². The summed E-state index contributed by atoms with van der Waals surface area (Å²) in [6.45, 7) is 2.10. The van der Waals surface area contributed by atoms with Crippen molar-refractivity contribution < 1.29 is 4.79 Å². The summed E-state index contributed by atoms with van der Waals surface area (Å²) in [5, 5.41) is 5.97. The smallest absolute Gasteiger partial charge is 0.246 e. The molecule has 4 heteroatoms. The van der Waals surface area contributed by atoms with Crippen LogP contribution < -0.4 is 15.5 Å². The highest BCUT2D eigenvalue weighted by molar-refractivity contribution is 6.03. The van der Waals surface area contributed by atoms with Gasteiger partial charge in [-0.25, -0.2) is 0 Å². The van der Waals surface area contributed by atoms with Gasteiger partial charge in [-0.2, -0.15) is 0 Å². The Morgan fingerprint density at radius 3 is 2.67 bits per heavy atom. The molecule has 1 amide bonds. The predicted octanol–water partition coefficient (Wildman–Crippen LogP) is 2.98. The molecule has 1 atom stereocenters. The van der Waals surface area contributed by atoms with Crippen LogP contribution in [0.25, 0.3) is 0 Å². The van der Waals surface area contributed by atoms with Gasteiger partial charge in [-0.3, -0.25) is 4.79 Å². The molecule has 0 fully saturated rings. The fraction of sp³-hybridized carbons (Fsp3) is 0.235. The molecule has 0 aliphatic carbocycles. The summed E-state index contributed by atoms with van der Waals surface area (Å²) in [5.74, 6) is 0.00296. The number of hydrogen-bond acceptors (Lipinski definition) is 3. The van der Waals surface area contributed by atoms with E-state index in [2.05, 4.69) is 40.7 Å². The van der Waals surface area contributed by atoms with Crippen molar-refractivity contribution in [2.75, 3.05) is 24.3 Å². The van der Waals surface area contributed by atoms with Crippen LogP contribution in [0.4, 0.5) is 17.1 Å². The fourth-order valence-electron chi connectivity index (χ4n) is 2.82. The third-order valence-corrected chi connectivity index (χ3v) is 4.02. The first-order valence-electron chi connectivity index (χ1n) is 7.03. The molecular formula is C17H19N3O. The van der Waals surface area contributed by atoms with Crippen molar-refractivity contribution in [3.05, 3.63) is 53.6 Å². The number of hydrogen-bond donors (Lipinski definition) is 2. The predicted molar refractivity (Wildman–Crippen MR) is 86.1 cm³/mol. The Balaban J connectivity index is 1.97. The molecule has 3 rings (SSSR count). The molecule has 2 N–H and O–H groups in total. The highest BCUT2D eigenvalue weighted by Gasteiger charge is 2.29. The van der Waals surface area contributed by atoms with Crippen LogP contribution in [-0.4, -0.2) is 20.0 Å². The van der Waals surface area contributed by atoms with Gasteiger partial charge in [-0.1, -0.05) is 24.3 Å². The first-order valence-corrected chi connectivity index (χ1v) is 7.03. The zero-order chi connectivity index (χ0) is 15.0. The van der Waals surface area contributed by atoms with Gasteiger partial charge in [0.25, 0.3) is 0 Å². The summed E-state index contributed by atoms with van der Waals surface area (Å²) >= 11 is 0. The first-order chi connectivity index (χ1) is 10.1. The summed E-state index contributed by atoms with van der Waals surface area (Å²) in [7, 11) is 3.84. The summed E-state index contributed by atoms with van der Waals surface area (Å²) in [6, 6.07) is 14.1. The molecule has 21 heavy (non-hydrogen) atoms. The van der Waals surface area contributed by atoms with Gasteiger partial charge in [0.2, 0.25) is 5.91 Å². The number of rotatable bonds is 3. The van der Waals surface area contributed by atoms with Crippen LogP contribution in [0.2, 0.25) is 0 Å². The van der Waals surface area contributed by atoms with E-state index < -0.39 is 0 Å². The number of nitrogens with zero attached hydrogens (tertiary/aromatic N) is 1. The molecule has 0 aromatic heterocycles. The third-order valence-electron chi connectivity index (χ3n) is 4.02. The summed E-state index contributed by atoms with van der Waals surface area (Å²) in [6.07, 6.45) is 0. The Hall–Kier alpha value is -2.33. The number of benzene rings is 2. The summed E-state index contributed by atoms with van der Waals surface area (Å²) in [4.78, 5) is 14.0. The lowest BCUT2D eigenvalue weighted by Gasteiger charge is -2.22. The number of carbonyl (C=O) groups is 1. The van der Waals surface area contributed by atoms with Crippen molar-refractivity contribution in [2.24, 2.45) is 0 Å². The second-order valence-corrected chi connectivity index (χ2v) is 5.33. The maximum Gasteiger partial charge on any atom is 0.246 e. The topological polar surface area (TPSA) is 44.4 Å². The number of fused-ring (bicyclic) bond motifs is 1. The number of likely N-dealkylation sites (N-methyl/N-ethyl adjacent to an activating group) is 1. The van der Waals surface area contributed by atoms with Crippen LogP contribution in [0, 0.1) is 6.92 Å². The third kappa shape index (κ3) is 2.28. The van der Waals surface area contributed by atoms with Gasteiger partial charge in [0.15, 0.2) is 0 Å². The lowest BCUT2D eigenvalue weighted by atomic mass is 10.1. The lowest BCUT2D eigenvalue weighted by Crippen LogP contribution is -2.23. The highest BCUT2D eigenvalue weighted by atomic mass is 16.2. The van der Waals surface area contributed by atoms with E-state index in [9.17, 15) is 4.79 Å². The zero-order valence-corrected chi connectivity index (χ0v) is 12.5. The van der Waals surface area contributed by atoms with Crippen molar-refractivity contribution in [2.45, 2.75) is 13.0 Å². The van der Waals surface area contributed by atoms with Crippen LogP contribution in [0.15, 0.2) is 42.5 Å². The molecule has 1 aliphatic rings. The van der Waals surface area contributed by atoms with Crippen LogP contribution >= 0.6 is 0 Å². The molecular weight excluding hydrogens is 262 g/mol. The Kier molecular flexibility index (Phi) is 3.39. The van der Waals surface area contributed by atoms with Crippen molar-refractivity contribution in [3.8, 4) is 0 Å². The van der Waals surface area contributed by atoms with Crippen LogP contribution in [0.1, 0.15) is 17.2 Å². The highest BCUT2D eigenvalue weighted by Crippen LogP contribution is 2.35. The van der Waals surface area contributed by atoms with E-state index in [0.717, 1.165) is 22.6 Å². The molecule has 0 bridgehead atoms. The van der Waals surface area contributed by atoms with Crippen molar-refractivity contribution in [1.82, 2.24) is 5.32 Å². The van der Waals surface area contributed by atoms with E-state index in [-0.39, 0.29) is 11.9 Å². The molecule has 2 aromatic rings. The minimum absolute atomic E-state index is 0.00296. The maximum absolute atomic E-state index is 11.9. The molecule has 4 nitrogen and oxygen atoms in total. The Morgan fingerprint density at radius 1 is 1.19 bits per heavy atom. The number of aryl methyl sites for hydroxylation is 1. The maximum atomic E-state index is 11.9. The minimum atomic E-state index is -0.252. The van der Waals surface area contributed by atoms with Gasteiger partial charge in [-0.05, 0) is 37.7 Å². The average Bonchev–Trinajstić information content (AvgIpc) is 2.81. The SMILES string of the molecule is CNC1C(=O)Nc2cc(N(C)c3ccccc3C)ccc21. The molecule has 1 aliphatic heterocycles. The van der Waals surface area contributed by atoms with E-state index in [1.807, 2.05) is 31.3 Å². The molecule has 108 valence electrons. The van der Waals surface area contributed by atoms with Gasteiger partial charge >= 0.3 is 0 Å². The largest absolute Gasteiger partial charge is 0.344 e. The molecule has 1 unspecified atom stereocenters.